The van der Waals surface area contributed by atoms with Crippen LogP contribution in [0.25, 0.3) is 0 Å². The van der Waals surface area contributed by atoms with Crippen molar-refractivity contribution in [2.45, 2.75) is 93.4 Å². The van der Waals surface area contributed by atoms with Crippen LogP contribution in [0.3, 0.4) is 0 Å². The molecule has 0 N–H and O–H groups in total. The van der Waals surface area contributed by atoms with Gasteiger partial charge in [0, 0.05) is 24.2 Å². The molecule has 0 bridgehead atoms. The van der Waals surface area contributed by atoms with E-state index in [1.165, 1.54) is 12.3 Å². The Balaban J connectivity index is 3.37. The van der Waals surface area contributed by atoms with Gasteiger partial charge in [0.1, 0.15) is 12.3 Å². The van der Waals surface area contributed by atoms with Crippen molar-refractivity contribution < 1.29 is 0 Å². The SMILES string of the molecule is CC1=C(C)C[P+](N(C(C)C)C(C)C)(N(C(C)C)C(C)C)C1. The summed E-state index contributed by atoms with van der Waals surface area (Å²) in [6, 6.07) is 2.43. The highest BCUT2D eigenvalue weighted by atomic mass is 31.2. The molecule has 0 aromatic carbocycles. The molecule has 3 heteroatoms. The highest BCUT2D eigenvalue weighted by molar-refractivity contribution is 7.72. The molecule has 1 rings (SSSR count). The van der Waals surface area contributed by atoms with Crippen molar-refractivity contribution in [1.29, 1.82) is 0 Å². The first-order chi connectivity index (χ1) is 9.54. The van der Waals surface area contributed by atoms with Crippen molar-refractivity contribution in [3.05, 3.63) is 11.1 Å². The van der Waals surface area contributed by atoms with Crippen LogP contribution in [0.1, 0.15) is 69.2 Å². The van der Waals surface area contributed by atoms with E-state index in [0.29, 0.717) is 24.2 Å². The van der Waals surface area contributed by atoms with E-state index in [2.05, 4.69) is 78.6 Å². The number of hydrogen-bond donors (Lipinski definition) is 0. The van der Waals surface area contributed by atoms with Crippen molar-refractivity contribution in [3.63, 3.8) is 0 Å². The third kappa shape index (κ3) is 3.71. The standard InChI is InChI=1S/C18H38N2P/c1-13(2)19(14(3)4)21(11-17(9)18(10)12-21)20(15(5)6)16(7)8/h13-16H,11-12H2,1-10H3/q+1. The number of nitrogens with zero attached hydrogens (tertiary/aromatic N) is 2. The monoisotopic (exact) mass is 313 g/mol. The lowest BCUT2D eigenvalue weighted by atomic mass is 10.2. The highest BCUT2D eigenvalue weighted by Crippen LogP contribution is 2.72. The maximum Gasteiger partial charge on any atom is 0.162 e. The summed E-state index contributed by atoms with van der Waals surface area (Å²) in [6.07, 6.45) is 2.59. The molecule has 2 nitrogen and oxygen atoms in total. The summed E-state index contributed by atoms with van der Waals surface area (Å²) < 4.78 is 5.74. The van der Waals surface area contributed by atoms with E-state index in [0.717, 1.165) is 0 Å². The highest BCUT2D eigenvalue weighted by Gasteiger charge is 2.57. The molecule has 0 saturated carbocycles. The van der Waals surface area contributed by atoms with Gasteiger partial charge >= 0.3 is 0 Å². The molecule has 0 saturated heterocycles. The third-order valence-corrected chi connectivity index (χ3v) is 10.2. The second-order valence-corrected chi connectivity index (χ2v) is 11.2. The summed E-state index contributed by atoms with van der Waals surface area (Å²) in [4.78, 5) is 0. The molecule has 1 aliphatic rings. The van der Waals surface area contributed by atoms with Crippen LogP contribution in [0.2, 0.25) is 0 Å². The Morgan fingerprint density at radius 3 is 1.05 bits per heavy atom. The fourth-order valence-corrected chi connectivity index (χ4v) is 10.9. The lowest BCUT2D eigenvalue weighted by molar-refractivity contribution is 0.246. The quantitative estimate of drug-likeness (QED) is 0.477. The summed E-state index contributed by atoms with van der Waals surface area (Å²) >= 11 is 0. The molecule has 124 valence electrons. The van der Waals surface area contributed by atoms with Crippen molar-refractivity contribution in [3.8, 4) is 0 Å². The summed E-state index contributed by atoms with van der Waals surface area (Å²) in [7, 11) is -1.31. The third-order valence-electron chi connectivity index (χ3n) is 4.69. The van der Waals surface area contributed by atoms with Gasteiger partial charge in [-0.25, -0.2) is 0 Å². The van der Waals surface area contributed by atoms with E-state index in [1.54, 1.807) is 11.1 Å². The maximum absolute atomic E-state index is 2.87. The number of hydrogen-bond acceptors (Lipinski definition) is 2. The number of allylic oxidation sites excluding steroid dienone is 2. The largest absolute Gasteiger partial charge is 0.162 e. The minimum atomic E-state index is -1.31. The van der Waals surface area contributed by atoms with Gasteiger partial charge in [0.25, 0.3) is 0 Å². The van der Waals surface area contributed by atoms with Gasteiger partial charge in [-0.3, -0.25) is 0 Å². The van der Waals surface area contributed by atoms with Crippen LogP contribution >= 0.6 is 7.56 Å². The van der Waals surface area contributed by atoms with Crippen LogP contribution < -0.4 is 0 Å². The van der Waals surface area contributed by atoms with Gasteiger partial charge in [0.2, 0.25) is 0 Å². The Morgan fingerprint density at radius 2 is 0.857 bits per heavy atom. The molecule has 21 heavy (non-hydrogen) atoms. The van der Waals surface area contributed by atoms with Crippen LogP contribution in [0.15, 0.2) is 11.1 Å². The minimum Gasteiger partial charge on any atom is -0.158 e. The van der Waals surface area contributed by atoms with Gasteiger partial charge in [-0.15, -0.1) is 0 Å². The predicted molar refractivity (Wildman–Crippen MR) is 99.3 cm³/mol. The lowest BCUT2D eigenvalue weighted by Gasteiger charge is -2.48. The molecule has 1 heterocycles. The van der Waals surface area contributed by atoms with Crippen LogP contribution in [0.4, 0.5) is 0 Å². The first-order valence-corrected chi connectivity index (χ1v) is 10.7. The van der Waals surface area contributed by atoms with Crippen molar-refractivity contribution >= 4 is 7.56 Å². The van der Waals surface area contributed by atoms with Gasteiger partial charge in [-0.2, -0.15) is 9.34 Å². The Hall–Kier alpha value is 0.0900. The molecule has 0 amide bonds. The molecule has 0 aliphatic carbocycles. The molecule has 0 aromatic heterocycles. The predicted octanol–water partition coefficient (Wildman–Crippen LogP) is 5.42. The van der Waals surface area contributed by atoms with Crippen LogP contribution in [-0.2, 0) is 0 Å². The van der Waals surface area contributed by atoms with Gasteiger partial charge in [-0.1, -0.05) is 0 Å². The lowest BCUT2D eigenvalue weighted by Crippen LogP contribution is -2.49. The molecule has 0 unspecified atom stereocenters. The van der Waals surface area contributed by atoms with E-state index < -0.39 is 7.56 Å². The molecule has 0 aromatic rings. The maximum atomic E-state index is 2.87. The van der Waals surface area contributed by atoms with Crippen LogP contribution in [0, 0.1) is 0 Å². The van der Waals surface area contributed by atoms with Crippen LogP contribution in [0.5, 0.6) is 0 Å². The first kappa shape index (κ1) is 19.1. The molecular weight excluding hydrogens is 275 g/mol. The minimum absolute atomic E-state index is 0.608. The second-order valence-electron chi connectivity index (χ2n) is 7.89. The van der Waals surface area contributed by atoms with E-state index >= 15 is 0 Å². The Bertz CT molecular complexity index is 331. The van der Waals surface area contributed by atoms with E-state index in [1.807, 2.05) is 0 Å². The van der Waals surface area contributed by atoms with Crippen molar-refractivity contribution in [2.75, 3.05) is 12.3 Å². The van der Waals surface area contributed by atoms with Crippen molar-refractivity contribution in [2.24, 2.45) is 0 Å². The second kappa shape index (κ2) is 7.11. The molecule has 0 atom stereocenters. The average molecular weight is 313 g/mol. The molecule has 0 radical (unpaired) electrons. The average Bonchev–Trinajstić information content (AvgIpc) is 2.51. The summed E-state index contributed by atoms with van der Waals surface area (Å²) in [6.45, 7) is 23.7. The molecule has 0 fully saturated rings. The van der Waals surface area contributed by atoms with E-state index in [4.69, 9.17) is 0 Å². The Kier molecular flexibility index (Phi) is 6.48. The fraction of sp³-hybridized carbons (Fsp3) is 0.889. The fourth-order valence-electron chi connectivity index (χ4n) is 4.44. The van der Waals surface area contributed by atoms with Gasteiger partial charge in [-0.05, 0) is 80.4 Å². The zero-order valence-electron chi connectivity index (χ0n) is 16.1. The zero-order chi connectivity index (χ0) is 16.5. The normalized spacial score (nSPS) is 19.4. The summed E-state index contributed by atoms with van der Waals surface area (Å²) in [5.41, 5.74) is 3.28. The van der Waals surface area contributed by atoms with Gasteiger partial charge < -0.3 is 0 Å². The van der Waals surface area contributed by atoms with Crippen molar-refractivity contribution in [1.82, 2.24) is 9.34 Å². The smallest absolute Gasteiger partial charge is 0.158 e. The van der Waals surface area contributed by atoms with Crippen LogP contribution in [-0.4, -0.2) is 45.8 Å². The Morgan fingerprint density at radius 1 is 0.619 bits per heavy atom. The molecular formula is C18H38N2P+. The molecule has 0 spiro atoms. The summed E-state index contributed by atoms with van der Waals surface area (Å²) in [5.74, 6) is 0. The van der Waals surface area contributed by atoms with E-state index in [9.17, 15) is 0 Å². The molecule has 1 aliphatic heterocycles. The first-order valence-electron chi connectivity index (χ1n) is 8.64. The summed E-state index contributed by atoms with van der Waals surface area (Å²) in [5, 5.41) is 0. The topological polar surface area (TPSA) is 6.48 Å². The van der Waals surface area contributed by atoms with Gasteiger partial charge in [0.05, 0.1) is 0 Å². The van der Waals surface area contributed by atoms with E-state index in [-0.39, 0.29) is 0 Å². The zero-order valence-corrected chi connectivity index (χ0v) is 17.0. The number of rotatable bonds is 6. The Labute approximate surface area is 134 Å². The van der Waals surface area contributed by atoms with Gasteiger partial charge in [0.15, 0.2) is 7.56 Å².